The van der Waals surface area contributed by atoms with Gasteiger partial charge in [-0.1, -0.05) is 12.1 Å². The summed E-state index contributed by atoms with van der Waals surface area (Å²) in [7, 11) is -1.91. The summed E-state index contributed by atoms with van der Waals surface area (Å²) in [5.41, 5.74) is 0.465. The third-order valence-corrected chi connectivity index (χ3v) is 5.22. The highest BCUT2D eigenvalue weighted by Crippen LogP contribution is 2.34. The Balaban J connectivity index is 2.04. The molecule has 20 heavy (non-hydrogen) atoms. The maximum absolute atomic E-state index is 12.2. The Labute approximate surface area is 119 Å². The molecule has 1 aromatic rings. The van der Waals surface area contributed by atoms with E-state index in [1.54, 1.807) is 19.2 Å². The first-order valence-corrected chi connectivity index (χ1v) is 8.00. The van der Waals surface area contributed by atoms with E-state index >= 15 is 0 Å². The van der Waals surface area contributed by atoms with Crippen molar-refractivity contribution in [1.29, 1.82) is 5.26 Å². The van der Waals surface area contributed by atoms with Gasteiger partial charge in [0.15, 0.2) is 0 Å². The Morgan fingerprint density at radius 3 is 2.45 bits per heavy atom. The van der Waals surface area contributed by atoms with Gasteiger partial charge >= 0.3 is 0 Å². The highest BCUT2D eigenvalue weighted by atomic mass is 32.2. The van der Waals surface area contributed by atoms with Crippen LogP contribution in [-0.2, 0) is 21.2 Å². The summed E-state index contributed by atoms with van der Waals surface area (Å²) in [6, 6.07) is 8.39. The molecule has 108 valence electrons. The molecule has 0 aromatic heterocycles. The summed E-state index contributed by atoms with van der Waals surface area (Å²) in [5.74, 6) is 0. The molecule has 1 fully saturated rings. The molecule has 1 N–H and O–H groups in total. The van der Waals surface area contributed by atoms with Crippen LogP contribution in [0.25, 0.3) is 0 Å². The molecular weight excluding hydrogens is 276 g/mol. The normalized spacial score (nSPS) is 17.2. The highest BCUT2D eigenvalue weighted by Gasteiger charge is 2.37. The fourth-order valence-corrected chi connectivity index (χ4v) is 3.33. The molecule has 0 unspecified atom stereocenters. The molecule has 0 saturated heterocycles. The largest absolute Gasteiger partial charge is 0.377 e. The zero-order valence-corrected chi connectivity index (χ0v) is 12.2. The van der Waals surface area contributed by atoms with Gasteiger partial charge in [-0.15, -0.1) is 0 Å². The zero-order valence-electron chi connectivity index (χ0n) is 11.4. The number of hydrogen-bond donors (Lipinski definition) is 1. The molecule has 1 aliphatic carbocycles. The monoisotopic (exact) mass is 294 g/mol. The van der Waals surface area contributed by atoms with Crippen molar-refractivity contribution in [2.24, 2.45) is 0 Å². The molecule has 1 aromatic carbocycles. The number of rotatable bonds is 6. The molecule has 5 nitrogen and oxygen atoms in total. The lowest BCUT2D eigenvalue weighted by atomic mass is 9.80. The van der Waals surface area contributed by atoms with Gasteiger partial charge in [0.05, 0.1) is 23.0 Å². The van der Waals surface area contributed by atoms with Crippen molar-refractivity contribution in [3.05, 3.63) is 29.8 Å². The van der Waals surface area contributed by atoms with E-state index in [-0.39, 0.29) is 16.9 Å². The van der Waals surface area contributed by atoms with Crippen LogP contribution in [0.1, 0.15) is 24.8 Å². The van der Waals surface area contributed by atoms with E-state index in [0.29, 0.717) is 6.54 Å². The maximum atomic E-state index is 12.2. The van der Waals surface area contributed by atoms with Gasteiger partial charge in [-0.05, 0) is 37.0 Å². The molecule has 2 rings (SSSR count). The molecule has 1 aliphatic rings. The summed E-state index contributed by atoms with van der Waals surface area (Å²) in [4.78, 5) is 0.213. The van der Waals surface area contributed by atoms with Gasteiger partial charge in [0, 0.05) is 13.7 Å². The Morgan fingerprint density at radius 2 is 2.00 bits per heavy atom. The van der Waals surface area contributed by atoms with Crippen LogP contribution in [0.5, 0.6) is 0 Å². The quantitative estimate of drug-likeness (QED) is 0.864. The first-order chi connectivity index (χ1) is 9.51. The van der Waals surface area contributed by atoms with Gasteiger partial charge < -0.3 is 4.74 Å². The topological polar surface area (TPSA) is 79.2 Å². The van der Waals surface area contributed by atoms with Crippen molar-refractivity contribution in [2.45, 2.75) is 36.2 Å². The lowest BCUT2D eigenvalue weighted by Crippen LogP contribution is -2.49. The van der Waals surface area contributed by atoms with Crippen molar-refractivity contribution >= 4 is 10.0 Å². The molecule has 0 atom stereocenters. The van der Waals surface area contributed by atoms with Crippen LogP contribution < -0.4 is 4.72 Å². The van der Waals surface area contributed by atoms with Crippen LogP contribution in [0.4, 0.5) is 0 Å². The summed E-state index contributed by atoms with van der Waals surface area (Å²) in [6.45, 7) is 0.297. The Hall–Kier alpha value is -1.42. The minimum absolute atomic E-state index is 0.213. The maximum Gasteiger partial charge on any atom is 0.240 e. The van der Waals surface area contributed by atoms with Gasteiger partial charge in [-0.25, -0.2) is 13.1 Å². The first-order valence-electron chi connectivity index (χ1n) is 6.52. The number of benzene rings is 1. The van der Waals surface area contributed by atoms with Crippen LogP contribution in [0.15, 0.2) is 29.2 Å². The van der Waals surface area contributed by atoms with E-state index < -0.39 is 10.0 Å². The smallest absolute Gasteiger partial charge is 0.240 e. The lowest BCUT2D eigenvalue weighted by Gasteiger charge is -2.40. The molecule has 0 bridgehead atoms. The van der Waals surface area contributed by atoms with Crippen LogP contribution in [0, 0.1) is 11.3 Å². The Kier molecular flexibility index (Phi) is 4.43. The zero-order chi connectivity index (χ0) is 14.6. The number of sulfonamides is 1. The predicted octanol–water partition coefficient (Wildman–Crippen LogP) is 1.60. The van der Waals surface area contributed by atoms with E-state index in [0.717, 1.165) is 24.8 Å². The molecule has 6 heteroatoms. The minimum atomic E-state index is -3.52. The van der Waals surface area contributed by atoms with E-state index in [1.807, 2.05) is 6.07 Å². The first kappa shape index (κ1) is 15.0. The van der Waals surface area contributed by atoms with Crippen molar-refractivity contribution in [3.63, 3.8) is 0 Å². The van der Waals surface area contributed by atoms with E-state index in [2.05, 4.69) is 4.72 Å². The fraction of sp³-hybridized carbons (Fsp3) is 0.500. The standard InChI is InChI=1S/C14H18N2O3S/c1-19-14(8-2-9-14)11-16-20(17,18)13-5-3-12(4-6-13)7-10-15/h3-6,16H,2,7-9,11H2,1H3. The number of nitrogens with zero attached hydrogens (tertiary/aromatic N) is 1. The van der Waals surface area contributed by atoms with Crippen molar-refractivity contribution in [3.8, 4) is 6.07 Å². The lowest BCUT2D eigenvalue weighted by molar-refractivity contribution is -0.0659. The fourth-order valence-electron chi connectivity index (χ4n) is 2.21. The minimum Gasteiger partial charge on any atom is -0.377 e. The van der Waals surface area contributed by atoms with Crippen molar-refractivity contribution in [1.82, 2.24) is 4.72 Å². The molecule has 0 heterocycles. The van der Waals surface area contributed by atoms with Crippen molar-refractivity contribution < 1.29 is 13.2 Å². The molecule has 0 spiro atoms. The third kappa shape index (κ3) is 3.18. The summed E-state index contributed by atoms with van der Waals surface area (Å²) in [6.07, 6.45) is 3.11. The number of ether oxygens (including phenoxy) is 1. The molecule has 0 radical (unpaired) electrons. The van der Waals surface area contributed by atoms with Gasteiger partial charge in [-0.2, -0.15) is 5.26 Å². The van der Waals surface area contributed by atoms with Crippen LogP contribution in [-0.4, -0.2) is 27.7 Å². The van der Waals surface area contributed by atoms with Gasteiger partial charge in [0.2, 0.25) is 10.0 Å². The average molecular weight is 294 g/mol. The number of methoxy groups -OCH3 is 1. The van der Waals surface area contributed by atoms with Crippen LogP contribution in [0.3, 0.4) is 0 Å². The Morgan fingerprint density at radius 1 is 1.35 bits per heavy atom. The average Bonchev–Trinajstić information content (AvgIpc) is 2.39. The summed E-state index contributed by atoms with van der Waals surface area (Å²) < 4.78 is 32.3. The van der Waals surface area contributed by atoms with E-state index in [1.165, 1.54) is 12.1 Å². The van der Waals surface area contributed by atoms with E-state index in [4.69, 9.17) is 10.00 Å². The van der Waals surface area contributed by atoms with Crippen LogP contribution in [0.2, 0.25) is 0 Å². The van der Waals surface area contributed by atoms with Gasteiger partial charge in [0.25, 0.3) is 0 Å². The number of hydrogen-bond acceptors (Lipinski definition) is 4. The van der Waals surface area contributed by atoms with Crippen LogP contribution >= 0.6 is 0 Å². The molecular formula is C14H18N2O3S. The van der Waals surface area contributed by atoms with Gasteiger partial charge in [0.1, 0.15) is 0 Å². The van der Waals surface area contributed by atoms with Gasteiger partial charge in [-0.3, -0.25) is 0 Å². The second-order valence-corrected chi connectivity index (χ2v) is 6.81. The van der Waals surface area contributed by atoms with E-state index in [9.17, 15) is 8.42 Å². The molecule has 1 saturated carbocycles. The molecule has 0 amide bonds. The van der Waals surface area contributed by atoms with Crippen molar-refractivity contribution in [2.75, 3.05) is 13.7 Å². The summed E-state index contributed by atoms with van der Waals surface area (Å²) in [5, 5.41) is 8.59. The summed E-state index contributed by atoms with van der Waals surface area (Å²) >= 11 is 0. The highest BCUT2D eigenvalue weighted by molar-refractivity contribution is 7.89. The molecule has 0 aliphatic heterocycles. The third-order valence-electron chi connectivity index (χ3n) is 3.80. The predicted molar refractivity (Wildman–Crippen MR) is 74.5 cm³/mol. The number of nitriles is 1. The Bertz CT molecular complexity index is 593. The number of nitrogens with one attached hydrogen (secondary N) is 1. The second kappa shape index (κ2) is 5.92. The second-order valence-electron chi connectivity index (χ2n) is 5.04. The SMILES string of the molecule is COC1(CNS(=O)(=O)c2ccc(CC#N)cc2)CCC1.